The molecule has 0 spiro atoms. The van der Waals surface area contributed by atoms with Gasteiger partial charge in [0.15, 0.2) is 0 Å². The maximum absolute atomic E-state index is 14.8. The Bertz CT molecular complexity index is 2130. The van der Waals surface area contributed by atoms with E-state index in [1.54, 1.807) is 27.7 Å². The smallest absolute Gasteiger partial charge is 0.404 e. The van der Waals surface area contributed by atoms with Crippen LogP contribution < -0.4 is 16.0 Å². The van der Waals surface area contributed by atoms with Crippen LogP contribution in [0.4, 0.5) is 13.2 Å². The molecule has 3 saturated carbocycles. The number of likely N-dealkylation sites (tertiary alicyclic amines) is 1. The van der Waals surface area contributed by atoms with E-state index in [4.69, 9.17) is 14.0 Å². The Kier molecular flexibility index (Phi) is 13.9. The van der Waals surface area contributed by atoms with Crippen LogP contribution in [0.3, 0.4) is 0 Å². The number of alkyl halides is 3. The Hall–Kier alpha value is -4.87. The summed E-state index contributed by atoms with van der Waals surface area (Å²) in [6.07, 6.45) is 1.45. The molecule has 2 aromatic carbocycles. The second kappa shape index (κ2) is 18.9. The highest BCUT2D eigenvalue weighted by Crippen LogP contribution is 2.65. The fourth-order valence-corrected chi connectivity index (χ4v) is 10.1. The highest BCUT2D eigenvalue weighted by atomic mass is 19.4. The van der Waals surface area contributed by atoms with Crippen LogP contribution in [0.25, 0.3) is 0 Å². The highest BCUT2D eigenvalue weighted by Gasteiger charge is 2.68. The molecule has 64 heavy (non-hydrogen) atoms. The van der Waals surface area contributed by atoms with Crippen molar-refractivity contribution in [2.45, 2.75) is 135 Å². The Morgan fingerprint density at radius 3 is 2.22 bits per heavy atom. The van der Waals surface area contributed by atoms with Gasteiger partial charge in [0.2, 0.25) is 17.7 Å². The van der Waals surface area contributed by atoms with Crippen molar-refractivity contribution in [3.05, 3.63) is 95.6 Å². The number of ether oxygens (including phenoxy) is 1. The molecule has 3 aromatic rings. The molecule has 2 bridgehead atoms. The molecule has 0 radical (unpaired) electrons. The first-order valence-corrected chi connectivity index (χ1v) is 22.4. The van der Waals surface area contributed by atoms with Crippen LogP contribution in [-0.2, 0) is 47.6 Å². The molecule has 3 heterocycles. The van der Waals surface area contributed by atoms with Crippen LogP contribution >= 0.6 is 0 Å². The molecule has 2 aliphatic heterocycles. The molecule has 13 nitrogen and oxygen atoms in total. The van der Waals surface area contributed by atoms with E-state index in [2.05, 4.69) is 46.7 Å². The molecule has 9 atom stereocenters. The monoisotopic (exact) mass is 888 g/mol. The molecular formula is C47H60BF3N6O7. The Labute approximate surface area is 373 Å². The van der Waals surface area contributed by atoms with Crippen LogP contribution in [-0.4, -0.2) is 94.0 Å². The minimum absolute atomic E-state index is 0.0319. The number of carbonyl (C=O) groups is 4. The van der Waals surface area contributed by atoms with E-state index in [-0.39, 0.29) is 55.0 Å². The van der Waals surface area contributed by atoms with Crippen molar-refractivity contribution in [1.29, 1.82) is 0 Å². The summed E-state index contributed by atoms with van der Waals surface area (Å²) in [4.78, 5) is 66.0. The van der Waals surface area contributed by atoms with E-state index in [1.807, 2.05) is 30.3 Å². The molecule has 4 amide bonds. The van der Waals surface area contributed by atoms with E-state index in [1.165, 1.54) is 35.6 Å². The third-order valence-electron chi connectivity index (χ3n) is 14.1. The zero-order valence-electron chi connectivity index (χ0n) is 37.6. The second-order valence-electron chi connectivity index (χ2n) is 19.4. The van der Waals surface area contributed by atoms with Crippen molar-refractivity contribution in [3.8, 4) is 0 Å². The van der Waals surface area contributed by atoms with E-state index >= 15 is 0 Å². The summed E-state index contributed by atoms with van der Waals surface area (Å²) in [6, 6.07) is 11.4. The average molecular weight is 889 g/mol. The predicted molar refractivity (Wildman–Crippen MR) is 232 cm³/mol. The van der Waals surface area contributed by atoms with Crippen molar-refractivity contribution < 1.29 is 46.4 Å². The van der Waals surface area contributed by atoms with Crippen LogP contribution in [0.2, 0.25) is 0 Å². The van der Waals surface area contributed by atoms with Crippen LogP contribution in [0, 0.1) is 29.1 Å². The van der Waals surface area contributed by atoms with Gasteiger partial charge in [0.25, 0.3) is 5.91 Å². The number of rotatable bonds is 16. The van der Waals surface area contributed by atoms with Gasteiger partial charge in [0.1, 0.15) is 23.8 Å². The van der Waals surface area contributed by atoms with Gasteiger partial charge in [-0.2, -0.15) is 13.2 Å². The standard InChI is InChI=1S/C47H60BF3N6O7/c1-27(2)39(55-41(58)34-24-52-19-20-53-34)43(60)56-40(28(3)4)44(61)57-25-33(62-26-30-11-9-8-10-12-30)23-35(57)42(59)54-38(18-15-29-13-16-31(17-14-29)47(49,50)51)48-63-37-22-32-21-36(45(32,5)6)46(37,7)64-48/h8-14,16-17,19-20,24,27-28,32-33,35-40H,15,18,21-23,25-26H2,1-7H3,(H,54,59)(H,55,58)(H,56,60)/t32?,33-,35?,36?,37?,38?,39?,40?,46?/m1/s1. The SMILES string of the molecule is CC(C)C(NC(=O)c1cnccn1)C(=O)NC(C(=O)N1C[C@H](OCc2ccccc2)CC1C(=O)NC(CCc1ccc(C(F)(F)F)cc1)B1OC2CC3CC(C3(C)C)C2(C)O1)C(C)C. The number of aryl methyl sites for hydroxylation is 1. The maximum Gasteiger partial charge on any atom is 0.481 e. The normalized spacial score (nSPS) is 26.2. The summed E-state index contributed by atoms with van der Waals surface area (Å²) in [6.45, 7) is 14.0. The first kappa shape index (κ1) is 47.1. The quantitative estimate of drug-likeness (QED) is 0.148. The fraction of sp³-hybridized carbons (Fsp3) is 0.574. The zero-order chi connectivity index (χ0) is 46.1. The molecule has 1 aromatic heterocycles. The lowest BCUT2D eigenvalue weighted by atomic mass is 9.43. The fourth-order valence-electron chi connectivity index (χ4n) is 10.1. The van der Waals surface area contributed by atoms with Crippen molar-refractivity contribution in [2.75, 3.05) is 6.54 Å². The summed E-state index contributed by atoms with van der Waals surface area (Å²) < 4.78 is 60.1. The van der Waals surface area contributed by atoms with Gasteiger partial charge < -0.3 is 34.9 Å². The number of nitrogens with zero attached hydrogens (tertiary/aromatic N) is 3. The third-order valence-corrected chi connectivity index (χ3v) is 14.1. The number of hydrogen-bond donors (Lipinski definition) is 3. The molecule has 5 fully saturated rings. The Morgan fingerprint density at radius 2 is 1.59 bits per heavy atom. The van der Waals surface area contributed by atoms with Gasteiger partial charge in [-0.15, -0.1) is 0 Å². The van der Waals surface area contributed by atoms with Crippen molar-refractivity contribution in [3.63, 3.8) is 0 Å². The van der Waals surface area contributed by atoms with Crippen LogP contribution in [0.5, 0.6) is 0 Å². The molecule has 3 aliphatic carbocycles. The number of nitrogens with one attached hydrogen (secondary N) is 3. The van der Waals surface area contributed by atoms with Gasteiger partial charge in [-0.25, -0.2) is 4.98 Å². The van der Waals surface area contributed by atoms with E-state index in [0.29, 0.717) is 17.9 Å². The lowest BCUT2D eigenvalue weighted by Crippen LogP contribution is -2.65. The Morgan fingerprint density at radius 1 is 0.891 bits per heavy atom. The highest BCUT2D eigenvalue weighted by molar-refractivity contribution is 6.48. The largest absolute Gasteiger partial charge is 0.481 e. The number of hydrogen-bond acceptors (Lipinski definition) is 9. The topological polar surface area (TPSA) is 161 Å². The van der Waals surface area contributed by atoms with E-state index < -0.39 is 84.2 Å². The summed E-state index contributed by atoms with van der Waals surface area (Å²) >= 11 is 0. The van der Waals surface area contributed by atoms with E-state index in [9.17, 15) is 32.3 Å². The summed E-state index contributed by atoms with van der Waals surface area (Å²) in [7, 11) is -0.855. The first-order chi connectivity index (χ1) is 30.3. The number of carbonyl (C=O) groups excluding carboxylic acids is 4. The van der Waals surface area contributed by atoms with Gasteiger partial charge >= 0.3 is 13.3 Å². The number of aromatic nitrogens is 2. The van der Waals surface area contributed by atoms with Gasteiger partial charge in [0, 0.05) is 25.4 Å². The second-order valence-corrected chi connectivity index (χ2v) is 19.4. The lowest BCUT2D eigenvalue weighted by molar-refractivity contribution is -0.199. The van der Waals surface area contributed by atoms with Gasteiger partial charge in [-0.05, 0) is 85.0 Å². The molecule has 2 saturated heterocycles. The first-order valence-electron chi connectivity index (χ1n) is 22.4. The summed E-state index contributed by atoms with van der Waals surface area (Å²) in [5, 5.41) is 8.79. The molecular weight excluding hydrogens is 828 g/mol. The van der Waals surface area contributed by atoms with Crippen molar-refractivity contribution >= 4 is 30.7 Å². The van der Waals surface area contributed by atoms with Gasteiger partial charge in [0.05, 0.1) is 42.1 Å². The van der Waals surface area contributed by atoms with E-state index in [0.717, 1.165) is 30.5 Å². The molecule has 5 aliphatic rings. The van der Waals surface area contributed by atoms with Crippen LogP contribution in [0.15, 0.2) is 73.2 Å². The van der Waals surface area contributed by atoms with Gasteiger partial charge in [-0.1, -0.05) is 84.0 Å². The van der Waals surface area contributed by atoms with Crippen molar-refractivity contribution in [2.24, 2.45) is 29.1 Å². The zero-order valence-corrected chi connectivity index (χ0v) is 37.6. The predicted octanol–water partition coefficient (Wildman–Crippen LogP) is 5.96. The minimum atomic E-state index is -4.48. The van der Waals surface area contributed by atoms with Gasteiger partial charge in [-0.3, -0.25) is 24.2 Å². The Balaban J connectivity index is 1.13. The molecule has 344 valence electrons. The number of amides is 4. The minimum Gasteiger partial charge on any atom is -0.404 e. The summed E-state index contributed by atoms with van der Waals surface area (Å²) in [5.74, 6) is -2.95. The lowest BCUT2D eigenvalue weighted by Gasteiger charge is -2.64. The summed E-state index contributed by atoms with van der Waals surface area (Å²) in [5.41, 5.74) is 0.299. The number of halogens is 3. The maximum atomic E-state index is 14.8. The molecule has 8 rings (SSSR count). The number of benzene rings is 2. The molecule has 8 unspecified atom stereocenters. The van der Waals surface area contributed by atoms with Crippen molar-refractivity contribution in [1.82, 2.24) is 30.8 Å². The average Bonchev–Trinajstić information content (AvgIpc) is 3.86. The van der Waals surface area contributed by atoms with Crippen LogP contribution in [0.1, 0.15) is 101 Å². The molecule has 17 heteroatoms. The molecule has 3 N–H and O–H groups in total. The third kappa shape index (κ3) is 10.0.